The molecule has 2 heterocycles. The van der Waals surface area contributed by atoms with Gasteiger partial charge >= 0.3 is 6.18 Å². The van der Waals surface area contributed by atoms with Crippen LogP contribution >= 0.6 is 11.6 Å². The molecule has 1 aliphatic rings. The highest BCUT2D eigenvalue weighted by Crippen LogP contribution is 2.37. The molecule has 1 aliphatic carbocycles. The zero-order valence-electron chi connectivity index (χ0n) is 17.9. The van der Waals surface area contributed by atoms with E-state index in [9.17, 15) is 13.2 Å². The summed E-state index contributed by atoms with van der Waals surface area (Å²) in [4.78, 5) is 9.32. The van der Waals surface area contributed by atoms with Gasteiger partial charge in [0.25, 0.3) is 5.78 Å². The minimum Gasteiger partial charge on any atom is -0.340 e. The number of nitrogens with one attached hydrogen (secondary N) is 1. The van der Waals surface area contributed by atoms with Crippen LogP contribution in [-0.2, 0) is 25.4 Å². The van der Waals surface area contributed by atoms with Gasteiger partial charge in [-0.1, -0.05) is 41.4 Å². The average Bonchev–Trinajstić information content (AvgIpc) is 3.17. The lowest BCUT2D eigenvalue weighted by molar-refractivity contribution is -0.137. The van der Waals surface area contributed by atoms with Gasteiger partial charge < -0.3 is 5.32 Å². The molecule has 9 heteroatoms. The first-order valence-corrected chi connectivity index (χ1v) is 11.1. The predicted octanol–water partition coefficient (Wildman–Crippen LogP) is 6.32. The van der Waals surface area contributed by atoms with Crippen molar-refractivity contribution >= 4 is 28.9 Å². The second kappa shape index (κ2) is 8.33. The average molecular weight is 472 g/mol. The molecule has 0 unspecified atom stereocenters. The second-order valence-electron chi connectivity index (χ2n) is 8.31. The Morgan fingerprint density at radius 1 is 1.03 bits per heavy atom. The zero-order chi connectivity index (χ0) is 23.2. The lowest BCUT2D eigenvalue weighted by Crippen LogP contribution is -2.14. The quantitative estimate of drug-likeness (QED) is 0.378. The van der Waals surface area contributed by atoms with E-state index in [1.807, 2.05) is 31.2 Å². The SMILES string of the molecule is Cc1ccc(Cc2nc3nc4c(c(Nc5ccc(Cl)c(C(F)(F)F)c5)n3n2)CCCC4)cc1. The first-order chi connectivity index (χ1) is 15.8. The van der Waals surface area contributed by atoms with Crippen LogP contribution in [0.25, 0.3) is 5.78 Å². The summed E-state index contributed by atoms with van der Waals surface area (Å²) < 4.78 is 41.7. The van der Waals surface area contributed by atoms with Gasteiger partial charge in [0.1, 0.15) is 5.82 Å². The van der Waals surface area contributed by atoms with E-state index in [0.29, 0.717) is 23.8 Å². The van der Waals surface area contributed by atoms with Gasteiger partial charge in [-0.05, 0) is 56.4 Å². The molecule has 2 aromatic heterocycles. The molecule has 5 rings (SSSR count). The number of hydrogen-bond donors (Lipinski definition) is 1. The maximum atomic E-state index is 13.4. The summed E-state index contributed by atoms with van der Waals surface area (Å²) in [6.07, 6.45) is -0.445. The van der Waals surface area contributed by atoms with E-state index in [0.717, 1.165) is 48.6 Å². The summed E-state index contributed by atoms with van der Waals surface area (Å²) in [5, 5.41) is 7.48. The number of nitrogens with zero attached hydrogens (tertiary/aromatic N) is 4. The summed E-state index contributed by atoms with van der Waals surface area (Å²) in [6.45, 7) is 2.03. The molecule has 0 saturated carbocycles. The topological polar surface area (TPSA) is 55.1 Å². The third-order valence-electron chi connectivity index (χ3n) is 5.82. The fourth-order valence-electron chi connectivity index (χ4n) is 4.13. The fraction of sp³-hybridized carbons (Fsp3) is 0.292. The Bertz CT molecular complexity index is 1330. The van der Waals surface area contributed by atoms with Gasteiger partial charge in [0.2, 0.25) is 0 Å². The van der Waals surface area contributed by atoms with Crippen LogP contribution in [0.5, 0.6) is 0 Å². The number of aryl methyl sites for hydroxylation is 2. The minimum absolute atomic E-state index is 0.280. The molecule has 0 radical (unpaired) electrons. The van der Waals surface area contributed by atoms with E-state index in [4.69, 9.17) is 16.6 Å². The number of halogens is 4. The number of alkyl halides is 3. The third-order valence-corrected chi connectivity index (χ3v) is 6.15. The lowest BCUT2D eigenvalue weighted by Gasteiger charge is -2.20. The molecule has 0 atom stereocenters. The minimum atomic E-state index is -4.55. The van der Waals surface area contributed by atoms with Gasteiger partial charge in [0.05, 0.1) is 16.3 Å². The van der Waals surface area contributed by atoms with Crippen molar-refractivity contribution < 1.29 is 13.2 Å². The molecule has 0 spiro atoms. The van der Waals surface area contributed by atoms with E-state index >= 15 is 0 Å². The molecule has 5 nitrogen and oxygen atoms in total. The van der Waals surface area contributed by atoms with E-state index in [1.165, 1.54) is 17.7 Å². The van der Waals surface area contributed by atoms with E-state index < -0.39 is 11.7 Å². The number of aromatic nitrogens is 4. The van der Waals surface area contributed by atoms with Crippen LogP contribution < -0.4 is 5.32 Å². The van der Waals surface area contributed by atoms with Crippen molar-refractivity contribution in [2.75, 3.05) is 5.32 Å². The molecule has 0 fully saturated rings. The van der Waals surface area contributed by atoms with E-state index in [2.05, 4.69) is 15.4 Å². The molecule has 0 aliphatic heterocycles. The Morgan fingerprint density at radius 3 is 2.55 bits per heavy atom. The fourth-order valence-corrected chi connectivity index (χ4v) is 4.36. The molecule has 170 valence electrons. The first kappa shape index (κ1) is 21.7. The van der Waals surface area contributed by atoms with Crippen molar-refractivity contribution in [3.8, 4) is 0 Å². The molecule has 0 amide bonds. The molecule has 1 N–H and O–H groups in total. The monoisotopic (exact) mass is 471 g/mol. The number of hydrogen-bond acceptors (Lipinski definition) is 4. The van der Waals surface area contributed by atoms with Crippen molar-refractivity contribution in [2.24, 2.45) is 0 Å². The molecule has 0 bridgehead atoms. The summed E-state index contributed by atoms with van der Waals surface area (Å²) in [7, 11) is 0. The van der Waals surface area contributed by atoms with Gasteiger partial charge in [0, 0.05) is 17.7 Å². The van der Waals surface area contributed by atoms with Gasteiger partial charge in [-0.15, -0.1) is 5.10 Å². The normalized spacial score (nSPS) is 13.8. The molecule has 2 aromatic carbocycles. The molecular weight excluding hydrogens is 451 g/mol. The largest absolute Gasteiger partial charge is 0.417 e. The van der Waals surface area contributed by atoms with Crippen LogP contribution in [-0.4, -0.2) is 19.6 Å². The number of fused-ring (bicyclic) bond motifs is 2. The zero-order valence-corrected chi connectivity index (χ0v) is 18.6. The summed E-state index contributed by atoms with van der Waals surface area (Å²) >= 11 is 5.80. The Kier molecular flexibility index (Phi) is 5.48. The van der Waals surface area contributed by atoms with Crippen LogP contribution in [0, 0.1) is 6.92 Å². The van der Waals surface area contributed by atoms with Gasteiger partial charge in [-0.3, -0.25) is 0 Å². The first-order valence-electron chi connectivity index (χ1n) is 10.7. The van der Waals surface area contributed by atoms with Gasteiger partial charge in [0.15, 0.2) is 5.82 Å². The second-order valence-corrected chi connectivity index (χ2v) is 8.72. The molecule has 4 aromatic rings. The Morgan fingerprint density at radius 2 is 1.79 bits per heavy atom. The van der Waals surface area contributed by atoms with Gasteiger partial charge in [-0.25, -0.2) is 4.98 Å². The molecule has 33 heavy (non-hydrogen) atoms. The van der Waals surface area contributed by atoms with E-state index in [1.54, 1.807) is 4.52 Å². The highest BCUT2D eigenvalue weighted by Gasteiger charge is 2.33. The van der Waals surface area contributed by atoms with E-state index in [-0.39, 0.29) is 10.7 Å². The molecule has 0 saturated heterocycles. The summed E-state index contributed by atoms with van der Waals surface area (Å²) in [5.41, 5.74) is 3.51. The standard InChI is InChI=1S/C24H21ClF3N5/c1-14-6-8-15(9-7-14)12-21-31-23-30-20-5-3-2-4-17(20)22(33(23)32-21)29-16-10-11-19(25)18(13-16)24(26,27)28/h6-11,13,29H,2-5,12H2,1H3. The summed E-state index contributed by atoms with van der Waals surface area (Å²) in [6, 6.07) is 11.9. The van der Waals surface area contributed by atoms with Crippen LogP contribution in [0.4, 0.5) is 24.7 Å². The van der Waals surface area contributed by atoms with Crippen LogP contribution in [0.2, 0.25) is 5.02 Å². The van der Waals surface area contributed by atoms with Crippen molar-refractivity contribution in [1.29, 1.82) is 0 Å². The maximum absolute atomic E-state index is 13.4. The third kappa shape index (κ3) is 4.39. The van der Waals surface area contributed by atoms with Gasteiger partial charge in [-0.2, -0.15) is 22.7 Å². The van der Waals surface area contributed by atoms with Crippen LogP contribution in [0.1, 0.15) is 46.6 Å². The Labute approximate surface area is 193 Å². The van der Waals surface area contributed by atoms with Crippen LogP contribution in [0.3, 0.4) is 0 Å². The van der Waals surface area contributed by atoms with Crippen molar-refractivity contribution in [2.45, 2.75) is 45.2 Å². The number of anilines is 2. The van der Waals surface area contributed by atoms with Crippen molar-refractivity contribution in [1.82, 2.24) is 19.6 Å². The molecular formula is C24H21ClF3N5. The Hall–Kier alpha value is -3.13. The smallest absolute Gasteiger partial charge is 0.340 e. The number of rotatable bonds is 4. The predicted molar refractivity (Wildman–Crippen MR) is 121 cm³/mol. The van der Waals surface area contributed by atoms with Crippen molar-refractivity contribution in [3.05, 3.63) is 81.3 Å². The lowest BCUT2D eigenvalue weighted by atomic mass is 9.96. The summed E-state index contributed by atoms with van der Waals surface area (Å²) in [5.74, 6) is 1.64. The Balaban J connectivity index is 1.58. The van der Waals surface area contributed by atoms with Crippen molar-refractivity contribution in [3.63, 3.8) is 0 Å². The maximum Gasteiger partial charge on any atom is 0.417 e. The number of benzene rings is 2. The highest BCUT2D eigenvalue weighted by atomic mass is 35.5. The highest BCUT2D eigenvalue weighted by molar-refractivity contribution is 6.31. The van der Waals surface area contributed by atoms with Crippen LogP contribution in [0.15, 0.2) is 42.5 Å².